The van der Waals surface area contributed by atoms with Crippen LogP contribution < -0.4 is 10.6 Å². The Morgan fingerprint density at radius 3 is 2.67 bits per heavy atom. The Labute approximate surface area is 109 Å². The molecule has 98 valence electrons. The summed E-state index contributed by atoms with van der Waals surface area (Å²) in [6.07, 6.45) is 3.62. The van der Waals surface area contributed by atoms with Crippen molar-refractivity contribution in [3.8, 4) is 0 Å². The minimum Gasteiger partial charge on any atom is -0.376 e. The number of hydrogen-bond donors (Lipinski definition) is 2. The Hall–Kier alpha value is -1.84. The summed E-state index contributed by atoms with van der Waals surface area (Å²) in [5.74, 6) is -0.0694. The lowest BCUT2D eigenvalue weighted by Gasteiger charge is -2.06. The topological polar surface area (TPSA) is 53.5 Å². The zero-order valence-corrected chi connectivity index (χ0v) is 11.1. The molecule has 4 nitrogen and oxygen atoms in total. The number of rotatable bonds is 7. The van der Waals surface area contributed by atoms with Crippen molar-refractivity contribution in [2.24, 2.45) is 4.99 Å². The first-order chi connectivity index (χ1) is 8.79. The first kappa shape index (κ1) is 14.2. The van der Waals surface area contributed by atoms with Crippen molar-refractivity contribution in [1.29, 1.82) is 0 Å². The smallest absolute Gasteiger partial charge is 0.253 e. The number of para-hydroxylation sites is 1. The van der Waals surface area contributed by atoms with Gasteiger partial charge in [0, 0.05) is 13.1 Å². The summed E-state index contributed by atoms with van der Waals surface area (Å²) in [6.45, 7) is 5.69. The molecule has 1 amide bonds. The molecule has 0 aromatic heterocycles. The van der Waals surface area contributed by atoms with E-state index in [2.05, 4.69) is 22.5 Å². The number of aliphatic imine (C=N–C) groups is 1. The standard InChI is InChI=1S/C14H21N3O/c1-3-9-15-11-17-13-8-6-5-7-12(13)14(18)16-10-4-2/h5-8,11H,3-4,9-10H2,1-2H3,(H,15,17)(H,16,18). The zero-order valence-electron chi connectivity index (χ0n) is 11.1. The molecule has 4 heteroatoms. The van der Waals surface area contributed by atoms with E-state index in [1.807, 2.05) is 25.1 Å². The second kappa shape index (κ2) is 8.28. The molecule has 0 unspecified atom stereocenters. The number of amides is 1. The van der Waals surface area contributed by atoms with E-state index in [1.54, 1.807) is 12.4 Å². The van der Waals surface area contributed by atoms with Crippen LogP contribution in [-0.4, -0.2) is 25.3 Å². The van der Waals surface area contributed by atoms with Crippen LogP contribution in [0.1, 0.15) is 37.0 Å². The normalized spacial score (nSPS) is 10.6. The van der Waals surface area contributed by atoms with Crippen LogP contribution in [0.25, 0.3) is 0 Å². The van der Waals surface area contributed by atoms with E-state index in [4.69, 9.17) is 0 Å². The summed E-state index contributed by atoms with van der Waals surface area (Å²) in [5, 5.41) is 5.93. The molecule has 0 fully saturated rings. The molecule has 1 aromatic carbocycles. The SMILES string of the molecule is CCCN/C=N/c1ccccc1C(=O)NCCC. The number of hydrogen-bond acceptors (Lipinski definition) is 2. The highest BCUT2D eigenvalue weighted by Crippen LogP contribution is 2.17. The molecule has 1 aromatic rings. The maximum atomic E-state index is 11.9. The number of nitrogens with one attached hydrogen (secondary N) is 2. The second-order valence-corrected chi connectivity index (χ2v) is 3.99. The van der Waals surface area contributed by atoms with Gasteiger partial charge in [0.1, 0.15) is 0 Å². The third kappa shape index (κ3) is 4.57. The number of carbonyl (C=O) groups excluding carboxylic acids is 1. The van der Waals surface area contributed by atoms with Crippen LogP contribution >= 0.6 is 0 Å². The summed E-state index contributed by atoms with van der Waals surface area (Å²) in [6, 6.07) is 7.35. The predicted molar refractivity (Wildman–Crippen MR) is 75.5 cm³/mol. The molecule has 1 rings (SSSR count). The van der Waals surface area contributed by atoms with Crippen LogP contribution in [0.2, 0.25) is 0 Å². The number of carbonyl (C=O) groups is 1. The summed E-state index contributed by atoms with van der Waals surface area (Å²) in [4.78, 5) is 16.2. The Bertz CT molecular complexity index is 402. The molecule has 0 aliphatic heterocycles. The molecule has 2 N–H and O–H groups in total. The van der Waals surface area contributed by atoms with Crippen molar-refractivity contribution in [3.63, 3.8) is 0 Å². The lowest BCUT2D eigenvalue weighted by atomic mass is 10.1. The Morgan fingerprint density at radius 1 is 1.22 bits per heavy atom. The Balaban J connectivity index is 2.72. The van der Waals surface area contributed by atoms with E-state index >= 15 is 0 Å². The molecule has 0 heterocycles. The van der Waals surface area contributed by atoms with E-state index in [1.165, 1.54) is 0 Å². The summed E-state index contributed by atoms with van der Waals surface area (Å²) in [7, 11) is 0. The monoisotopic (exact) mass is 247 g/mol. The van der Waals surface area contributed by atoms with Gasteiger partial charge >= 0.3 is 0 Å². The van der Waals surface area contributed by atoms with Crippen LogP contribution in [0.5, 0.6) is 0 Å². The van der Waals surface area contributed by atoms with Gasteiger partial charge < -0.3 is 10.6 Å². The van der Waals surface area contributed by atoms with E-state index in [-0.39, 0.29) is 5.91 Å². The highest BCUT2D eigenvalue weighted by atomic mass is 16.1. The van der Waals surface area contributed by atoms with Gasteiger partial charge in [0.25, 0.3) is 5.91 Å². The second-order valence-electron chi connectivity index (χ2n) is 3.99. The maximum Gasteiger partial charge on any atom is 0.253 e. The van der Waals surface area contributed by atoms with Crippen LogP contribution in [0.15, 0.2) is 29.3 Å². The van der Waals surface area contributed by atoms with E-state index in [0.717, 1.165) is 19.4 Å². The van der Waals surface area contributed by atoms with Crippen LogP contribution in [0.3, 0.4) is 0 Å². The van der Waals surface area contributed by atoms with E-state index < -0.39 is 0 Å². The lowest BCUT2D eigenvalue weighted by Crippen LogP contribution is -2.24. The highest BCUT2D eigenvalue weighted by molar-refractivity contribution is 5.99. The third-order valence-corrected chi connectivity index (χ3v) is 2.37. The molecular formula is C14H21N3O. The molecule has 0 spiro atoms. The van der Waals surface area contributed by atoms with Gasteiger partial charge in [-0.1, -0.05) is 26.0 Å². The fourth-order valence-corrected chi connectivity index (χ4v) is 1.44. The van der Waals surface area contributed by atoms with Gasteiger partial charge in [0.15, 0.2) is 0 Å². The van der Waals surface area contributed by atoms with Crippen molar-refractivity contribution < 1.29 is 4.79 Å². The average Bonchev–Trinajstić information content (AvgIpc) is 2.41. The van der Waals surface area contributed by atoms with Crippen LogP contribution in [0, 0.1) is 0 Å². The van der Waals surface area contributed by atoms with Gasteiger partial charge in [-0.2, -0.15) is 0 Å². The molecular weight excluding hydrogens is 226 g/mol. The molecule has 0 aliphatic carbocycles. The van der Waals surface area contributed by atoms with Crippen LogP contribution in [0.4, 0.5) is 5.69 Å². The lowest BCUT2D eigenvalue weighted by molar-refractivity contribution is 0.0954. The molecule has 0 atom stereocenters. The largest absolute Gasteiger partial charge is 0.376 e. The first-order valence-electron chi connectivity index (χ1n) is 6.42. The molecule has 0 bridgehead atoms. The van der Waals surface area contributed by atoms with Crippen molar-refractivity contribution >= 4 is 17.9 Å². The van der Waals surface area contributed by atoms with Gasteiger partial charge in [-0.05, 0) is 25.0 Å². The fraction of sp³-hybridized carbons (Fsp3) is 0.429. The Morgan fingerprint density at radius 2 is 1.94 bits per heavy atom. The molecule has 0 saturated carbocycles. The highest BCUT2D eigenvalue weighted by Gasteiger charge is 2.08. The molecule has 0 radical (unpaired) electrons. The predicted octanol–water partition coefficient (Wildman–Crippen LogP) is 2.49. The average molecular weight is 247 g/mol. The molecule has 0 aliphatic rings. The van der Waals surface area contributed by atoms with Gasteiger partial charge in [0.2, 0.25) is 0 Å². The molecule has 18 heavy (non-hydrogen) atoms. The number of benzene rings is 1. The summed E-state index contributed by atoms with van der Waals surface area (Å²) < 4.78 is 0. The van der Waals surface area contributed by atoms with E-state index in [9.17, 15) is 4.79 Å². The van der Waals surface area contributed by atoms with Crippen molar-refractivity contribution in [3.05, 3.63) is 29.8 Å². The van der Waals surface area contributed by atoms with Gasteiger partial charge in [-0.25, -0.2) is 4.99 Å². The van der Waals surface area contributed by atoms with Gasteiger partial charge in [0.05, 0.1) is 17.6 Å². The molecule has 0 saturated heterocycles. The number of nitrogens with zero attached hydrogens (tertiary/aromatic N) is 1. The third-order valence-electron chi connectivity index (χ3n) is 2.37. The first-order valence-corrected chi connectivity index (χ1v) is 6.42. The summed E-state index contributed by atoms with van der Waals surface area (Å²) >= 11 is 0. The Kier molecular flexibility index (Phi) is 6.54. The van der Waals surface area contributed by atoms with Crippen molar-refractivity contribution in [1.82, 2.24) is 10.6 Å². The van der Waals surface area contributed by atoms with Gasteiger partial charge in [-0.15, -0.1) is 0 Å². The van der Waals surface area contributed by atoms with Crippen molar-refractivity contribution in [2.75, 3.05) is 13.1 Å². The minimum absolute atomic E-state index is 0.0694. The van der Waals surface area contributed by atoms with Crippen LogP contribution in [-0.2, 0) is 0 Å². The quantitative estimate of drug-likeness (QED) is 0.442. The minimum atomic E-state index is -0.0694. The zero-order chi connectivity index (χ0) is 13.2. The summed E-state index contributed by atoms with van der Waals surface area (Å²) in [5.41, 5.74) is 1.30. The van der Waals surface area contributed by atoms with Crippen molar-refractivity contribution in [2.45, 2.75) is 26.7 Å². The van der Waals surface area contributed by atoms with Gasteiger partial charge in [-0.3, -0.25) is 4.79 Å². The van der Waals surface area contributed by atoms with E-state index in [0.29, 0.717) is 17.8 Å². The fourth-order valence-electron chi connectivity index (χ4n) is 1.44. The maximum absolute atomic E-state index is 11.9.